The van der Waals surface area contributed by atoms with E-state index in [4.69, 9.17) is 0 Å². The van der Waals surface area contributed by atoms with Gasteiger partial charge in [-0.25, -0.2) is 9.59 Å². The van der Waals surface area contributed by atoms with E-state index in [1.165, 1.54) is 16.8 Å². The first-order chi connectivity index (χ1) is 20.2. The van der Waals surface area contributed by atoms with Gasteiger partial charge >= 0.3 is 12.0 Å². The summed E-state index contributed by atoms with van der Waals surface area (Å²) in [7, 11) is 1.43. The largest absolute Gasteiger partial charge is 0.480 e. The van der Waals surface area contributed by atoms with Crippen molar-refractivity contribution in [1.29, 1.82) is 0 Å². The second-order valence-electron chi connectivity index (χ2n) is 11.2. The van der Waals surface area contributed by atoms with Gasteiger partial charge in [-0.2, -0.15) is 0 Å². The van der Waals surface area contributed by atoms with Gasteiger partial charge in [0.15, 0.2) is 0 Å². The summed E-state index contributed by atoms with van der Waals surface area (Å²) >= 11 is 0. The molecule has 3 atom stereocenters. The van der Waals surface area contributed by atoms with Crippen LogP contribution in [0.25, 0.3) is 0 Å². The zero-order valence-electron chi connectivity index (χ0n) is 24.1. The summed E-state index contributed by atoms with van der Waals surface area (Å²) in [5.74, 6) is -2.18. The molecular weight excluding hydrogens is 532 g/mol. The highest BCUT2D eigenvalue weighted by molar-refractivity contribution is 6.01. The predicted octanol–water partition coefficient (Wildman–Crippen LogP) is 3.49. The Morgan fingerprint density at radius 3 is 1.71 bits per heavy atom. The van der Waals surface area contributed by atoms with Crippen molar-refractivity contribution in [3.05, 3.63) is 108 Å². The normalized spacial score (nSPS) is 19.4. The number of rotatable bonds is 8. The van der Waals surface area contributed by atoms with Crippen molar-refractivity contribution in [2.75, 3.05) is 33.2 Å². The maximum Gasteiger partial charge on any atom is 0.326 e. The van der Waals surface area contributed by atoms with Crippen molar-refractivity contribution in [2.24, 2.45) is 5.92 Å². The molecule has 4 amide bonds. The number of imide groups is 1. The molecule has 42 heavy (non-hydrogen) atoms. The molecule has 2 aliphatic heterocycles. The van der Waals surface area contributed by atoms with Crippen molar-refractivity contribution >= 4 is 23.8 Å². The monoisotopic (exact) mass is 568 g/mol. The summed E-state index contributed by atoms with van der Waals surface area (Å²) < 4.78 is 0. The maximum atomic E-state index is 13.9. The molecule has 3 aromatic rings. The van der Waals surface area contributed by atoms with Gasteiger partial charge in [0, 0.05) is 26.7 Å². The van der Waals surface area contributed by atoms with Crippen LogP contribution < -0.4 is 0 Å². The summed E-state index contributed by atoms with van der Waals surface area (Å²) in [6, 6.07) is 28.1. The SMILES string of the molecule is CC(C)[C@@H](C(=O)O)N(C)C(=O)N1CCN(C(=O)C2CN2C(c2ccccc2)(c2ccccc2)c2ccccc2)C(=O)C1. The number of hydrogen-bond acceptors (Lipinski definition) is 5. The lowest BCUT2D eigenvalue weighted by atomic mass is 9.76. The van der Waals surface area contributed by atoms with Gasteiger partial charge in [0.25, 0.3) is 0 Å². The second-order valence-corrected chi connectivity index (χ2v) is 11.2. The van der Waals surface area contributed by atoms with Crippen molar-refractivity contribution in [2.45, 2.75) is 31.5 Å². The van der Waals surface area contributed by atoms with E-state index >= 15 is 0 Å². The lowest BCUT2D eigenvalue weighted by Crippen LogP contribution is -2.59. The molecule has 9 nitrogen and oxygen atoms in total. The molecule has 2 fully saturated rings. The Bertz CT molecular complexity index is 1350. The smallest absolute Gasteiger partial charge is 0.326 e. The molecule has 0 aromatic heterocycles. The van der Waals surface area contributed by atoms with Gasteiger partial charge in [0.2, 0.25) is 11.8 Å². The number of carbonyl (C=O) groups excluding carboxylic acids is 3. The van der Waals surface area contributed by atoms with Crippen molar-refractivity contribution in [3.63, 3.8) is 0 Å². The molecule has 1 N–H and O–H groups in total. The lowest BCUT2D eigenvalue weighted by molar-refractivity contribution is -0.148. The fourth-order valence-corrected chi connectivity index (χ4v) is 6.25. The molecular formula is C33H36N4O5. The van der Waals surface area contributed by atoms with E-state index < -0.39 is 35.5 Å². The minimum atomic E-state index is -1.10. The van der Waals surface area contributed by atoms with Crippen LogP contribution >= 0.6 is 0 Å². The van der Waals surface area contributed by atoms with Gasteiger partial charge in [-0.1, -0.05) is 105 Å². The average molecular weight is 569 g/mol. The number of urea groups is 1. The van der Waals surface area contributed by atoms with Crippen LogP contribution in [0.5, 0.6) is 0 Å². The van der Waals surface area contributed by atoms with Crippen LogP contribution in [0.3, 0.4) is 0 Å². The van der Waals surface area contributed by atoms with E-state index in [1.807, 2.05) is 54.6 Å². The van der Waals surface area contributed by atoms with Crippen LogP contribution in [0.15, 0.2) is 91.0 Å². The topological polar surface area (TPSA) is 101 Å². The van der Waals surface area contributed by atoms with Crippen LogP contribution in [0.1, 0.15) is 30.5 Å². The molecule has 5 rings (SSSR count). The van der Waals surface area contributed by atoms with Gasteiger partial charge in [0.1, 0.15) is 18.6 Å². The highest BCUT2D eigenvalue weighted by atomic mass is 16.4. The van der Waals surface area contributed by atoms with Crippen molar-refractivity contribution < 1.29 is 24.3 Å². The molecule has 0 saturated carbocycles. The van der Waals surface area contributed by atoms with Gasteiger partial charge in [-0.15, -0.1) is 0 Å². The molecule has 3 aromatic carbocycles. The molecule has 0 radical (unpaired) electrons. The maximum absolute atomic E-state index is 13.9. The van der Waals surface area contributed by atoms with E-state index in [0.29, 0.717) is 6.54 Å². The van der Waals surface area contributed by atoms with Gasteiger partial charge < -0.3 is 14.9 Å². The Hall–Kier alpha value is -4.50. The first-order valence-corrected chi connectivity index (χ1v) is 14.2. The summed E-state index contributed by atoms with van der Waals surface area (Å²) in [6.07, 6.45) is 0. The summed E-state index contributed by atoms with van der Waals surface area (Å²) in [5, 5.41) is 9.60. The van der Waals surface area contributed by atoms with E-state index in [2.05, 4.69) is 41.3 Å². The Morgan fingerprint density at radius 2 is 1.31 bits per heavy atom. The molecule has 2 unspecified atom stereocenters. The van der Waals surface area contributed by atoms with Gasteiger partial charge in [-0.3, -0.25) is 19.4 Å². The van der Waals surface area contributed by atoms with E-state index in [9.17, 15) is 24.3 Å². The van der Waals surface area contributed by atoms with Crippen LogP contribution in [0.4, 0.5) is 4.79 Å². The zero-order valence-corrected chi connectivity index (χ0v) is 24.1. The number of carbonyl (C=O) groups is 4. The molecule has 2 saturated heterocycles. The second kappa shape index (κ2) is 11.8. The quantitative estimate of drug-likeness (QED) is 0.254. The Morgan fingerprint density at radius 1 is 0.833 bits per heavy atom. The standard InChI is InChI=1S/C33H36N4O5/c1-23(2)29(31(40)41)34(3)32(42)35-19-20-36(28(38)22-35)30(39)27-21-37(27)33(24-13-7-4-8-14-24,25-15-9-5-10-16-25)26-17-11-6-12-18-26/h4-18,23,27,29H,19-22H2,1-3H3,(H,40,41)/t27?,29-,37?/m0/s1. The van der Waals surface area contributed by atoms with Crippen LogP contribution in [-0.4, -0.2) is 93.8 Å². The van der Waals surface area contributed by atoms with E-state index in [0.717, 1.165) is 21.6 Å². The zero-order chi connectivity index (χ0) is 30.0. The lowest BCUT2D eigenvalue weighted by Gasteiger charge is -2.39. The number of likely N-dealkylation sites (N-methyl/N-ethyl adjacent to an activating group) is 1. The number of hydrogen-bond donors (Lipinski definition) is 1. The number of carboxylic acid groups (broad SMARTS) is 1. The van der Waals surface area contributed by atoms with Crippen LogP contribution in [0, 0.1) is 5.92 Å². The highest BCUT2D eigenvalue weighted by Crippen LogP contribution is 2.48. The Labute approximate surface area is 245 Å². The summed E-state index contributed by atoms with van der Waals surface area (Å²) in [4.78, 5) is 57.9. The first-order valence-electron chi connectivity index (χ1n) is 14.2. The number of amides is 4. The Kier molecular flexibility index (Phi) is 8.13. The molecule has 2 aliphatic rings. The molecule has 2 heterocycles. The number of aliphatic carboxylic acids is 1. The highest BCUT2D eigenvalue weighted by Gasteiger charge is 2.57. The fourth-order valence-electron chi connectivity index (χ4n) is 6.25. The number of nitrogens with zero attached hydrogens (tertiary/aromatic N) is 4. The van der Waals surface area contributed by atoms with E-state index in [1.54, 1.807) is 13.8 Å². The van der Waals surface area contributed by atoms with Crippen molar-refractivity contribution in [1.82, 2.24) is 19.6 Å². The minimum absolute atomic E-state index is 0.0516. The third kappa shape index (κ3) is 5.16. The summed E-state index contributed by atoms with van der Waals surface area (Å²) in [6.45, 7) is 3.82. The molecule has 218 valence electrons. The van der Waals surface area contributed by atoms with Crippen LogP contribution in [-0.2, 0) is 19.9 Å². The third-order valence-corrected chi connectivity index (χ3v) is 8.26. The van der Waals surface area contributed by atoms with Crippen molar-refractivity contribution in [3.8, 4) is 0 Å². The number of carboxylic acids is 1. The molecule has 0 spiro atoms. The summed E-state index contributed by atoms with van der Waals surface area (Å²) in [5.41, 5.74) is 2.29. The van der Waals surface area contributed by atoms with E-state index in [-0.39, 0.29) is 31.5 Å². The molecule has 9 heteroatoms. The van der Waals surface area contributed by atoms with Gasteiger partial charge in [-0.05, 0) is 22.6 Å². The molecule has 0 aliphatic carbocycles. The average Bonchev–Trinajstić information content (AvgIpc) is 3.79. The molecule has 0 bridgehead atoms. The number of piperazine rings is 1. The Balaban J connectivity index is 1.40. The van der Waals surface area contributed by atoms with Gasteiger partial charge in [0.05, 0.1) is 5.54 Å². The predicted molar refractivity (Wildman–Crippen MR) is 157 cm³/mol. The number of benzene rings is 3. The van der Waals surface area contributed by atoms with Crippen LogP contribution in [0.2, 0.25) is 0 Å². The first kappa shape index (κ1) is 29.0. The minimum Gasteiger partial charge on any atom is -0.480 e. The third-order valence-electron chi connectivity index (χ3n) is 8.26. The fraction of sp³-hybridized carbons (Fsp3) is 0.333.